The molecule has 0 heterocycles. The van der Waals surface area contributed by atoms with Crippen molar-refractivity contribution in [3.63, 3.8) is 0 Å². The normalized spacial score (nSPS) is 11.7. The maximum atomic E-state index is 11.8. The first-order valence-electron chi connectivity index (χ1n) is 5.40. The molecule has 0 saturated heterocycles. The molecule has 0 bridgehead atoms. The van der Waals surface area contributed by atoms with Crippen molar-refractivity contribution in [1.82, 2.24) is 5.32 Å². The van der Waals surface area contributed by atoms with Crippen LogP contribution in [0.25, 0.3) is 0 Å². The fraction of sp³-hybridized carbons (Fsp3) is 0.333. The van der Waals surface area contributed by atoms with Crippen molar-refractivity contribution in [2.45, 2.75) is 19.9 Å². The number of carbonyl (C=O) groups is 1. The molecule has 94 valence electrons. The molecule has 1 N–H and O–H groups in total. The van der Waals surface area contributed by atoms with E-state index in [1.54, 1.807) is 0 Å². The number of benzene rings is 1. The molecule has 6 nitrogen and oxygen atoms in total. The zero-order valence-electron chi connectivity index (χ0n) is 10.1. The maximum Gasteiger partial charge on any atom is 0.270 e. The smallest absolute Gasteiger partial charge is 0.270 e. The van der Waals surface area contributed by atoms with Gasteiger partial charge in [-0.25, -0.2) is 0 Å². The topological polar surface area (TPSA) is 96.0 Å². The van der Waals surface area contributed by atoms with Crippen molar-refractivity contribution < 1.29 is 9.72 Å². The number of nitriles is 1. The van der Waals surface area contributed by atoms with E-state index in [0.29, 0.717) is 0 Å². The Hall–Kier alpha value is -2.42. The number of hydrogen-bond donors (Lipinski definition) is 1. The van der Waals surface area contributed by atoms with Gasteiger partial charge in [-0.15, -0.1) is 0 Å². The maximum absolute atomic E-state index is 11.8. The average molecular weight is 247 g/mol. The second kappa shape index (κ2) is 5.77. The van der Waals surface area contributed by atoms with Gasteiger partial charge in [-0.05, 0) is 12.0 Å². The van der Waals surface area contributed by atoms with Crippen LogP contribution in [0, 0.1) is 27.4 Å². The van der Waals surface area contributed by atoms with Crippen LogP contribution in [-0.2, 0) is 0 Å². The first kappa shape index (κ1) is 13.6. The highest BCUT2D eigenvalue weighted by Gasteiger charge is 2.17. The fourth-order valence-corrected chi connectivity index (χ4v) is 1.33. The lowest BCUT2D eigenvalue weighted by Gasteiger charge is -2.14. The molecule has 18 heavy (non-hydrogen) atoms. The van der Waals surface area contributed by atoms with E-state index in [4.69, 9.17) is 5.26 Å². The van der Waals surface area contributed by atoms with Crippen LogP contribution in [0.2, 0.25) is 0 Å². The number of amides is 1. The van der Waals surface area contributed by atoms with E-state index in [1.807, 2.05) is 19.9 Å². The summed E-state index contributed by atoms with van der Waals surface area (Å²) >= 11 is 0. The van der Waals surface area contributed by atoms with E-state index in [1.165, 1.54) is 24.3 Å². The Kier molecular flexibility index (Phi) is 4.38. The summed E-state index contributed by atoms with van der Waals surface area (Å²) < 4.78 is 0. The Morgan fingerprint density at radius 3 is 2.67 bits per heavy atom. The minimum atomic E-state index is -0.614. The predicted molar refractivity (Wildman–Crippen MR) is 64.8 cm³/mol. The lowest BCUT2D eigenvalue weighted by molar-refractivity contribution is -0.384. The first-order valence-corrected chi connectivity index (χ1v) is 5.40. The highest BCUT2D eigenvalue weighted by Crippen LogP contribution is 2.13. The number of nitro benzene ring substituents is 1. The molecule has 1 aromatic carbocycles. The van der Waals surface area contributed by atoms with Crippen molar-refractivity contribution in [3.8, 4) is 6.07 Å². The summed E-state index contributed by atoms with van der Waals surface area (Å²) in [5.74, 6) is -0.517. The van der Waals surface area contributed by atoms with E-state index < -0.39 is 16.9 Å². The van der Waals surface area contributed by atoms with Gasteiger partial charge in [-0.2, -0.15) is 5.26 Å². The lowest BCUT2D eigenvalue weighted by Crippen LogP contribution is -2.37. The molecule has 0 radical (unpaired) electrons. The standard InChI is InChI=1S/C12H13N3O3/c1-8(2)11(7-13)14-12(16)9-4-3-5-10(6-9)15(17)18/h3-6,8,11H,1-2H3,(H,14,16). The van der Waals surface area contributed by atoms with E-state index in [9.17, 15) is 14.9 Å². The number of non-ortho nitro benzene ring substituents is 1. The second-order valence-corrected chi connectivity index (χ2v) is 4.13. The number of nitro groups is 1. The van der Waals surface area contributed by atoms with E-state index in [-0.39, 0.29) is 17.2 Å². The van der Waals surface area contributed by atoms with Gasteiger partial charge >= 0.3 is 0 Å². The summed E-state index contributed by atoms with van der Waals surface area (Å²) in [6.45, 7) is 3.61. The van der Waals surface area contributed by atoms with Crippen molar-refractivity contribution in [1.29, 1.82) is 5.26 Å². The zero-order valence-corrected chi connectivity index (χ0v) is 10.1. The molecule has 0 aliphatic rings. The van der Waals surface area contributed by atoms with Gasteiger partial charge < -0.3 is 5.32 Å². The fourth-order valence-electron chi connectivity index (χ4n) is 1.33. The largest absolute Gasteiger partial charge is 0.336 e. The van der Waals surface area contributed by atoms with Gasteiger partial charge in [0.15, 0.2) is 0 Å². The molecular formula is C12H13N3O3. The van der Waals surface area contributed by atoms with Crippen LogP contribution < -0.4 is 5.32 Å². The molecular weight excluding hydrogens is 234 g/mol. The molecule has 0 saturated carbocycles. The molecule has 1 unspecified atom stereocenters. The number of nitrogens with one attached hydrogen (secondary N) is 1. The third-order valence-electron chi connectivity index (χ3n) is 2.41. The Bertz CT molecular complexity index is 506. The van der Waals surface area contributed by atoms with Crippen molar-refractivity contribution >= 4 is 11.6 Å². The highest BCUT2D eigenvalue weighted by molar-refractivity contribution is 5.95. The summed E-state index contributed by atoms with van der Waals surface area (Å²) in [7, 11) is 0. The zero-order chi connectivity index (χ0) is 13.7. The SMILES string of the molecule is CC(C)C(C#N)NC(=O)c1cccc([N+](=O)[O-])c1. The molecule has 0 fully saturated rings. The minimum absolute atomic E-state index is 0.0300. The van der Waals surface area contributed by atoms with Crippen LogP contribution in [0.15, 0.2) is 24.3 Å². The molecule has 1 atom stereocenters. The van der Waals surface area contributed by atoms with Gasteiger partial charge in [-0.3, -0.25) is 14.9 Å². The van der Waals surface area contributed by atoms with Crippen molar-refractivity contribution in [2.24, 2.45) is 5.92 Å². The summed E-state index contributed by atoms with van der Waals surface area (Å²) in [5.41, 5.74) is 0.0193. The molecule has 0 aliphatic heterocycles. The predicted octanol–water partition coefficient (Wildman–Crippen LogP) is 1.87. The quantitative estimate of drug-likeness (QED) is 0.648. The molecule has 0 spiro atoms. The average Bonchev–Trinajstić information content (AvgIpc) is 2.35. The molecule has 6 heteroatoms. The third-order valence-corrected chi connectivity index (χ3v) is 2.41. The van der Waals surface area contributed by atoms with Crippen LogP contribution in [0.1, 0.15) is 24.2 Å². The molecule has 0 aliphatic carbocycles. The lowest BCUT2D eigenvalue weighted by atomic mass is 10.1. The molecule has 1 aromatic rings. The van der Waals surface area contributed by atoms with E-state index in [2.05, 4.69) is 5.32 Å². The van der Waals surface area contributed by atoms with Gasteiger partial charge in [-0.1, -0.05) is 19.9 Å². The Morgan fingerprint density at radius 1 is 1.50 bits per heavy atom. The number of hydrogen-bond acceptors (Lipinski definition) is 4. The van der Waals surface area contributed by atoms with Crippen molar-refractivity contribution in [3.05, 3.63) is 39.9 Å². The minimum Gasteiger partial charge on any atom is -0.336 e. The molecule has 1 amide bonds. The van der Waals surface area contributed by atoms with Crippen LogP contribution in [0.4, 0.5) is 5.69 Å². The highest BCUT2D eigenvalue weighted by atomic mass is 16.6. The number of carbonyl (C=O) groups excluding carboxylic acids is 1. The van der Waals surface area contributed by atoms with Crippen LogP contribution in [-0.4, -0.2) is 16.9 Å². The van der Waals surface area contributed by atoms with Gasteiger partial charge in [0.05, 0.1) is 11.0 Å². The van der Waals surface area contributed by atoms with Gasteiger partial charge in [0, 0.05) is 17.7 Å². The number of rotatable bonds is 4. The molecule has 1 rings (SSSR count). The third kappa shape index (κ3) is 3.28. The Morgan fingerprint density at radius 2 is 2.17 bits per heavy atom. The summed E-state index contributed by atoms with van der Waals surface area (Å²) in [6.07, 6.45) is 0. The van der Waals surface area contributed by atoms with Gasteiger partial charge in [0.1, 0.15) is 6.04 Å². The van der Waals surface area contributed by atoms with Crippen molar-refractivity contribution in [2.75, 3.05) is 0 Å². The monoisotopic (exact) mass is 247 g/mol. The summed E-state index contributed by atoms with van der Waals surface area (Å²) in [6, 6.07) is 6.75. The first-order chi connectivity index (χ1) is 8.45. The Balaban J connectivity index is 2.88. The van der Waals surface area contributed by atoms with Crippen LogP contribution >= 0.6 is 0 Å². The summed E-state index contributed by atoms with van der Waals surface area (Å²) in [5, 5.41) is 22.0. The van der Waals surface area contributed by atoms with E-state index in [0.717, 1.165) is 0 Å². The van der Waals surface area contributed by atoms with Crippen LogP contribution in [0.5, 0.6) is 0 Å². The number of nitrogens with zero attached hydrogens (tertiary/aromatic N) is 2. The van der Waals surface area contributed by atoms with Crippen LogP contribution in [0.3, 0.4) is 0 Å². The summed E-state index contributed by atoms with van der Waals surface area (Å²) in [4.78, 5) is 21.8. The Labute approximate surface area is 104 Å². The molecule has 0 aromatic heterocycles. The van der Waals surface area contributed by atoms with Gasteiger partial charge in [0.2, 0.25) is 0 Å². The van der Waals surface area contributed by atoms with E-state index >= 15 is 0 Å². The second-order valence-electron chi connectivity index (χ2n) is 4.13. The van der Waals surface area contributed by atoms with Gasteiger partial charge in [0.25, 0.3) is 11.6 Å².